The molecule has 2 aromatic carbocycles. The van der Waals surface area contributed by atoms with Gasteiger partial charge >= 0.3 is 5.97 Å². The minimum absolute atomic E-state index is 0.102. The largest absolute Gasteiger partial charge is 0.462 e. The van der Waals surface area contributed by atoms with Gasteiger partial charge in [-0.25, -0.2) is 4.79 Å². The maximum Gasteiger partial charge on any atom is 0.338 e. The van der Waals surface area contributed by atoms with Crippen LogP contribution in [0.3, 0.4) is 0 Å². The fourth-order valence-corrected chi connectivity index (χ4v) is 2.29. The second-order valence-electron chi connectivity index (χ2n) is 6.13. The van der Waals surface area contributed by atoms with Crippen LogP contribution in [0.5, 0.6) is 0 Å². The normalized spacial score (nSPS) is 10.1. The quantitative estimate of drug-likeness (QED) is 0.551. The molecule has 0 saturated carbocycles. The van der Waals surface area contributed by atoms with Crippen LogP contribution in [0, 0.1) is 0 Å². The van der Waals surface area contributed by atoms with E-state index in [1.165, 1.54) is 6.92 Å². The Kier molecular flexibility index (Phi) is 7.55. The van der Waals surface area contributed by atoms with E-state index in [9.17, 15) is 14.4 Å². The number of unbranched alkanes of at least 4 members (excludes halogenated alkanes) is 1. The highest BCUT2D eigenvalue weighted by molar-refractivity contribution is 6.04. The molecule has 2 amide bonds. The minimum atomic E-state index is -0.365. The molecular formula is C21H24N2O4. The van der Waals surface area contributed by atoms with Crippen molar-refractivity contribution in [3.05, 3.63) is 65.2 Å². The van der Waals surface area contributed by atoms with Crippen molar-refractivity contribution >= 4 is 23.5 Å². The van der Waals surface area contributed by atoms with E-state index in [1.807, 2.05) is 6.92 Å². The third kappa shape index (κ3) is 6.58. The summed E-state index contributed by atoms with van der Waals surface area (Å²) in [6, 6.07) is 13.6. The van der Waals surface area contributed by atoms with Gasteiger partial charge in [0.2, 0.25) is 5.91 Å². The van der Waals surface area contributed by atoms with Gasteiger partial charge in [-0.15, -0.1) is 0 Å². The zero-order valence-corrected chi connectivity index (χ0v) is 15.6. The number of amides is 2. The van der Waals surface area contributed by atoms with Crippen LogP contribution in [0.2, 0.25) is 0 Å². The molecule has 2 rings (SSSR count). The summed E-state index contributed by atoms with van der Waals surface area (Å²) < 4.78 is 5.15. The number of hydrogen-bond acceptors (Lipinski definition) is 4. The highest BCUT2D eigenvalue weighted by Gasteiger charge is 2.09. The van der Waals surface area contributed by atoms with Crippen LogP contribution in [-0.4, -0.2) is 24.4 Å². The molecule has 0 bridgehead atoms. The van der Waals surface area contributed by atoms with Crippen LogP contribution < -0.4 is 10.6 Å². The number of esters is 1. The number of carbonyl (C=O) groups excluding carboxylic acids is 3. The van der Waals surface area contributed by atoms with Crippen LogP contribution in [-0.2, 0) is 16.1 Å². The van der Waals surface area contributed by atoms with Crippen LogP contribution in [0.25, 0.3) is 0 Å². The number of rotatable bonds is 8. The van der Waals surface area contributed by atoms with E-state index in [2.05, 4.69) is 10.6 Å². The molecule has 0 aliphatic carbocycles. The second kappa shape index (κ2) is 10.1. The highest BCUT2D eigenvalue weighted by Crippen LogP contribution is 2.13. The van der Waals surface area contributed by atoms with Gasteiger partial charge in [-0.2, -0.15) is 0 Å². The Morgan fingerprint density at radius 3 is 2.15 bits per heavy atom. The van der Waals surface area contributed by atoms with Crippen molar-refractivity contribution in [3.63, 3.8) is 0 Å². The van der Waals surface area contributed by atoms with Gasteiger partial charge in [-0.3, -0.25) is 9.59 Å². The summed E-state index contributed by atoms with van der Waals surface area (Å²) in [6.07, 6.45) is 1.80. The van der Waals surface area contributed by atoms with E-state index in [0.717, 1.165) is 18.4 Å². The maximum atomic E-state index is 12.3. The molecule has 0 fully saturated rings. The molecule has 2 aromatic rings. The monoisotopic (exact) mass is 368 g/mol. The molecule has 27 heavy (non-hydrogen) atoms. The molecule has 0 unspecified atom stereocenters. The van der Waals surface area contributed by atoms with E-state index >= 15 is 0 Å². The van der Waals surface area contributed by atoms with Gasteiger partial charge in [0, 0.05) is 24.7 Å². The SMILES string of the molecule is CCCCOC(=O)c1ccc(NC(=O)c2ccc(CNC(C)=O)cc2)cc1. The van der Waals surface area contributed by atoms with Crippen molar-refractivity contribution in [2.45, 2.75) is 33.2 Å². The van der Waals surface area contributed by atoms with Gasteiger partial charge in [-0.05, 0) is 48.4 Å². The summed E-state index contributed by atoms with van der Waals surface area (Å²) in [4.78, 5) is 35.1. The molecule has 2 N–H and O–H groups in total. The van der Waals surface area contributed by atoms with E-state index in [4.69, 9.17) is 4.74 Å². The molecule has 142 valence electrons. The maximum absolute atomic E-state index is 12.3. The average molecular weight is 368 g/mol. The molecule has 6 heteroatoms. The lowest BCUT2D eigenvalue weighted by atomic mass is 10.1. The first-order valence-corrected chi connectivity index (χ1v) is 8.91. The average Bonchev–Trinajstić information content (AvgIpc) is 2.67. The fourth-order valence-electron chi connectivity index (χ4n) is 2.29. The fraction of sp³-hybridized carbons (Fsp3) is 0.286. The first kappa shape index (κ1) is 20.2. The van der Waals surface area contributed by atoms with Gasteiger partial charge < -0.3 is 15.4 Å². The Morgan fingerprint density at radius 2 is 1.56 bits per heavy atom. The predicted octanol–water partition coefficient (Wildman–Crippen LogP) is 3.53. The highest BCUT2D eigenvalue weighted by atomic mass is 16.5. The van der Waals surface area contributed by atoms with Crippen LogP contribution in [0.1, 0.15) is 53.0 Å². The van der Waals surface area contributed by atoms with E-state index in [0.29, 0.717) is 30.0 Å². The standard InChI is InChI=1S/C21H24N2O4/c1-3-4-13-27-21(26)18-9-11-19(12-10-18)23-20(25)17-7-5-16(6-8-17)14-22-15(2)24/h5-12H,3-4,13-14H2,1-2H3,(H,22,24)(H,23,25). The number of carbonyl (C=O) groups is 3. The van der Waals surface area contributed by atoms with Gasteiger partial charge in [0.05, 0.1) is 12.2 Å². The van der Waals surface area contributed by atoms with Crippen LogP contribution in [0.15, 0.2) is 48.5 Å². The molecule has 0 heterocycles. The lowest BCUT2D eigenvalue weighted by Crippen LogP contribution is -2.19. The van der Waals surface area contributed by atoms with E-state index in [1.54, 1.807) is 48.5 Å². The summed E-state index contributed by atoms with van der Waals surface area (Å²) in [6.45, 7) is 4.32. The summed E-state index contributed by atoms with van der Waals surface area (Å²) in [7, 11) is 0. The van der Waals surface area contributed by atoms with Gasteiger partial charge in [0.1, 0.15) is 0 Å². The first-order valence-electron chi connectivity index (χ1n) is 8.91. The van der Waals surface area contributed by atoms with Gasteiger partial charge in [0.15, 0.2) is 0 Å². The molecule has 0 spiro atoms. The lowest BCUT2D eigenvalue weighted by Gasteiger charge is -2.08. The minimum Gasteiger partial charge on any atom is -0.462 e. The van der Waals surface area contributed by atoms with Crippen molar-refractivity contribution in [2.75, 3.05) is 11.9 Å². The number of ether oxygens (including phenoxy) is 1. The Morgan fingerprint density at radius 1 is 0.926 bits per heavy atom. The molecule has 6 nitrogen and oxygen atoms in total. The Hall–Kier alpha value is -3.15. The Balaban J connectivity index is 1.91. The zero-order valence-electron chi connectivity index (χ0n) is 15.6. The number of hydrogen-bond donors (Lipinski definition) is 2. The summed E-state index contributed by atoms with van der Waals surface area (Å²) in [5.74, 6) is -0.718. The van der Waals surface area contributed by atoms with Gasteiger partial charge in [-0.1, -0.05) is 25.5 Å². The molecule has 0 atom stereocenters. The smallest absolute Gasteiger partial charge is 0.338 e. The van der Waals surface area contributed by atoms with E-state index in [-0.39, 0.29) is 17.8 Å². The molecular weight excluding hydrogens is 344 g/mol. The number of nitrogens with one attached hydrogen (secondary N) is 2. The lowest BCUT2D eigenvalue weighted by molar-refractivity contribution is -0.119. The third-order valence-corrected chi connectivity index (χ3v) is 3.87. The van der Waals surface area contributed by atoms with Crippen LogP contribution in [0.4, 0.5) is 5.69 Å². The van der Waals surface area contributed by atoms with Crippen molar-refractivity contribution < 1.29 is 19.1 Å². The summed E-state index contributed by atoms with van der Waals surface area (Å²) >= 11 is 0. The first-order chi connectivity index (χ1) is 13.0. The summed E-state index contributed by atoms with van der Waals surface area (Å²) in [5, 5.41) is 5.49. The number of anilines is 1. The van der Waals surface area contributed by atoms with Crippen molar-refractivity contribution in [2.24, 2.45) is 0 Å². The molecule has 0 radical (unpaired) electrons. The molecule has 0 aliphatic heterocycles. The zero-order chi connectivity index (χ0) is 19.6. The van der Waals surface area contributed by atoms with E-state index < -0.39 is 0 Å². The molecule has 0 aromatic heterocycles. The van der Waals surface area contributed by atoms with Gasteiger partial charge in [0.25, 0.3) is 5.91 Å². The Labute approximate surface area is 158 Å². The van der Waals surface area contributed by atoms with Crippen LogP contribution >= 0.6 is 0 Å². The van der Waals surface area contributed by atoms with Crippen molar-refractivity contribution in [1.82, 2.24) is 5.32 Å². The molecule has 0 aliphatic rings. The third-order valence-electron chi connectivity index (χ3n) is 3.87. The predicted molar refractivity (Wildman–Crippen MR) is 104 cm³/mol. The van der Waals surface area contributed by atoms with Crippen molar-refractivity contribution in [1.29, 1.82) is 0 Å². The number of benzene rings is 2. The topological polar surface area (TPSA) is 84.5 Å². The van der Waals surface area contributed by atoms with Crippen molar-refractivity contribution in [3.8, 4) is 0 Å². The summed E-state index contributed by atoms with van der Waals surface area (Å²) in [5.41, 5.74) is 2.45. The molecule has 0 saturated heterocycles. The second-order valence-corrected chi connectivity index (χ2v) is 6.13. The Bertz CT molecular complexity index is 783.